The van der Waals surface area contributed by atoms with E-state index < -0.39 is 21.8 Å². The van der Waals surface area contributed by atoms with Gasteiger partial charge in [0.15, 0.2) is 0 Å². The first-order valence-electron chi connectivity index (χ1n) is 10.5. The highest BCUT2D eigenvalue weighted by Crippen LogP contribution is 2.32. The van der Waals surface area contributed by atoms with E-state index in [1.807, 2.05) is 13.1 Å². The molecule has 9 heteroatoms. The predicted molar refractivity (Wildman–Crippen MR) is 115 cm³/mol. The Kier molecular flexibility index (Phi) is 9.12. The van der Waals surface area contributed by atoms with Gasteiger partial charge in [-0.15, -0.1) is 6.58 Å². The van der Waals surface area contributed by atoms with Gasteiger partial charge in [-0.1, -0.05) is 13.0 Å². The molecule has 1 unspecified atom stereocenters. The largest absolute Gasteiger partial charge is 0.416 e. The molecule has 1 aliphatic rings. The Balaban J connectivity index is 1.86. The maximum Gasteiger partial charge on any atom is 0.416 e. The van der Waals surface area contributed by atoms with Gasteiger partial charge in [-0.2, -0.15) is 17.5 Å². The fraction of sp³-hybridized carbons (Fsp3) is 0.636. The van der Waals surface area contributed by atoms with Crippen molar-refractivity contribution in [3.05, 3.63) is 42.5 Å². The molecule has 0 heterocycles. The summed E-state index contributed by atoms with van der Waals surface area (Å²) in [5.41, 5.74) is -0.864. The van der Waals surface area contributed by atoms with Crippen molar-refractivity contribution in [3.8, 4) is 0 Å². The van der Waals surface area contributed by atoms with Crippen molar-refractivity contribution in [2.45, 2.75) is 55.8 Å². The van der Waals surface area contributed by atoms with Crippen LogP contribution < -0.4 is 0 Å². The number of benzene rings is 1. The van der Waals surface area contributed by atoms with Crippen LogP contribution >= 0.6 is 0 Å². The molecule has 1 aliphatic carbocycles. The van der Waals surface area contributed by atoms with Gasteiger partial charge in [0.2, 0.25) is 10.0 Å². The summed E-state index contributed by atoms with van der Waals surface area (Å²) < 4.78 is 71.2. The highest BCUT2D eigenvalue weighted by molar-refractivity contribution is 7.89. The summed E-state index contributed by atoms with van der Waals surface area (Å²) in [5, 5.41) is 0. The van der Waals surface area contributed by atoms with Crippen LogP contribution in [0.4, 0.5) is 13.2 Å². The molecule has 1 saturated carbocycles. The standard InChI is InChI=1S/C22H33F3N2O3S/c1-5-14-26(3)15-17(2)16-30-20-10-8-19(9-11-20)27(4)31(28,29)21-12-6-18(7-13-21)22(23,24)25/h5-7,12-13,17,19-20H,1,8-11,14-16H2,2-4H3. The van der Waals surface area contributed by atoms with Gasteiger partial charge < -0.3 is 9.64 Å². The van der Waals surface area contributed by atoms with Crippen molar-refractivity contribution in [2.24, 2.45) is 5.92 Å². The second kappa shape index (κ2) is 10.9. The van der Waals surface area contributed by atoms with Crippen molar-refractivity contribution in [1.29, 1.82) is 0 Å². The lowest BCUT2D eigenvalue weighted by molar-refractivity contribution is -0.137. The summed E-state index contributed by atoms with van der Waals surface area (Å²) in [5.74, 6) is 0.380. The van der Waals surface area contributed by atoms with Gasteiger partial charge in [0, 0.05) is 26.2 Å². The number of ether oxygens (including phenoxy) is 1. The summed E-state index contributed by atoms with van der Waals surface area (Å²) >= 11 is 0. The number of alkyl halides is 3. The number of halogens is 3. The average molecular weight is 463 g/mol. The summed E-state index contributed by atoms with van der Waals surface area (Å²) in [4.78, 5) is 2.05. The third-order valence-corrected chi connectivity index (χ3v) is 7.62. The predicted octanol–water partition coefficient (Wildman–Crippen LogP) is 4.41. The zero-order chi connectivity index (χ0) is 23.2. The molecule has 0 N–H and O–H groups in total. The molecular formula is C22H33F3N2O3S. The van der Waals surface area contributed by atoms with Crippen LogP contribution in [0.3, 0.4) is 0 Å². The normalized spacial score (nSPS) is 21.4. The van der Waals surface area contributed by atoms with Gasteiger partial charge in [-0.25, -0.2) is 8.42 Å². The van der Waals surface area contributed by atoms with Crippen LogP contribution in [0.2, 0.25) is 0 Å². The van der Waals surface area contributed by atoms with Crippen molar-refractivity contribution >= 4 is 10.0 Å². The fourth-order valence-corrected chi connectivity index (χ4v) is 5.35. The van der Waals surface area contributed by atoms with Gasteiger partial charge in [0.1, 0.15) is 0 Å². The topological polar surface area (TPSA) is 49.9 Å². The SMILES string of the molecule is C=CCN(C)CC(C)COC1CCC(N(C)S(=O)(=O)c2ccc(C(F)(F)F)cc2)CC1. The van der Waals surface area contributed by atoms with Gasteiger partial charge in [-0.05, 0) is 62.9 Å². The van der Waals surface area contributed by atoms with Crippen LogP contribution in [0.1, 0.15) is 38.2 Å². The molecule has 0 bridgehead atoms. The smallest absolute Gasteiger partial charge is 0.378 e. The summed E-state index contributed by atoms with van der Waals surface area (Å²) in [6.45, 7) is 8.26. The first-order valence-corrected chi connectivity index (χ1v) is 12.0. The van der Waals surface area contributed by atoms with E-state index in [2.05, 4.69) is 18.4 Å². The van der Waals surface area contributed by atoms with Gasteiger partial charge in [-0.3, -0.25) is 0 Å². The number of sulfonamides is 1. The first-order chi connectivity index (χ1) is 14.4. The second-order valence-corrected chi connectivity index (χ2v) is 10.4. The lowest BCUT2D eigenvalue weighted by Gasteiger charge is -2.34. The van der Waals surface area contributed by atoms with Gasteiger partial charge in [0.05, 0.1) is 23.2 Å². The molecule has 0 aromatic heterocycles. The van der Waals surface area contributed by atoms with Gasteiger partial charge >= 0.3 is 6.18 Å². The Labute approximate surface area is 183 Å². The number of rotatable bonds is 10. The molecule has 176 valence electrons. The van der Waals surface area contributed by atoms with Crippen molar-refractivity contribution in [2.75, 3.05) is 33.8 Å². The Bertz CT molecular complexity index is 804. The zero-order valence-corrected chi connectivity index (χ0v) is 19.3. The second-order valence-electron chi connectivity index (χ2n) is 8.42. The number of likely N-dealkylation sites (N-methyl/N-ethyl adjacent to an activating group) is 1. The molecule has 5 nitrogen and oxygen atoms in total. The van der Waals surface area contributed by atoms with Crippen molar-refractivity contribution in [1.82, 2.24) is 9.21 Å². The highest BCUT2D eigenvalue weighted by atomic mass is 32.2. The molecule has 0 spiro atoms. The number of hydrogen-bond acceptors (Lipinski definition) is 4. The Morgan fingerprint density at radius 3 is 2.26 bits per heavy atom. The van der Waals surface area contributed by atoms with E-state index in [-0.39, 0.29) is 17.0 Å². The van der Waals surface area contributed by atoms with E-state index in [0.717, 1.165) is 50.2 Å². The third kappa shape index (κ3) is 7.30. The first kappa shape index (κ1) is 25.8. The van der Waals surface area contributed by atoms with Crippen molar-refractivity contribution in [3.63, 3.8) is 0 Å². The average Bonchev–Trinajstić information content (AvgIpc) is 2.71. The van der Waals surface area contributed by atoms with Crippen LogP contribution in [0, 0.1) is 5.92 Å². The maximum atomic E-state index is 12.8. The van der Waals surface area contributed by atoms with Crippen molar-refractivity contribution < 1.29 is 26.3 Å². The maximum absolute atomic E-state index is 12.8. The molecule has 1 atom stereocenters. The molecular weight excluding hydrogens is 429 g/mol. The molecule has 1 fully saturated rings. The van der Waals surface area contributed by atoms with Crippen LogP contribution in [0.5, 0.6) is 0 Å². The minimum absolute atomic E-state index is 0.102. The van der Waals surface area contributed by atoms with Crippen LogP contribution in [-0.2, 0) is 20.9 Å². The molecule has 31 heavy (non-hydrogen) atoms. The number of hydrogen-bond donors (Lipinski definition) is 0. The zero-order valence-electron chi connectivity index (χ0n) is 18.4. The molecule has 0 amide bonds. The van der Waals surface area contributed by atoms with E-state index in [1.54, 1.807) is 0 Å². The molecule has 2 rings (SSSR count). The van der Waals surface area contributed by atoms with Crippen LogP contribution in [0.15, 0.2) is 41.8 Å². The minimum atomic E-state index is -4.49. The van der Waals surface area contributed by atoms with E-state index >= 15 is 0 Å². The monoisotopic (exact) mass is 462 g/mol. The summed E-state index contributed by atoms with van der Waals surface area (Å²) in [6.07, 6.45) is 0.303. The van der Waals surface area contributed by atoms with E-state index in [1.165, 1.54) is 11.4 Å². The molecule has 0 aliphatic heterocycles. The van der Waals surface area contributed by atoms with Crippen LogP contribution in [0.25, 0.3) is 0 Å². The quantitative estimate of drug-likeness (QED) is 0.484. The van der Waals surface area contributed by atoms with E-state index in [0.29, 0.717) is 25.4 Å². The molecule has 1 aromatic rings. The number of nitrogens with zero attached hydrogens (tertiary/aromatic N) is 2. The van der Waals surface area contributed by atoms with Gasteiger partial charge in [0.25, 0.3) is 0 Å². The fourth-order valence-electron chi connectivity index (χ4n) is 3.93. The molecule has 0 radical (unpaired) electrons. The minimum Gasteiger partial charge on any atom is -0.378 e. The molecule has 1 aromatic carbocycles. The Morgan fingerprint density at radius 1 is 1.16 bits per heavy atom. The molecule has 0 saturated heterocycles. The Hall–Kier alpha value is -1.42. The van der Waals surface area contributed by atoms with E-state index in [9.17, 15) is 21.6 Å². The van der Waals surface area contributed by atoms with E-state index in [4.69, 9.17) is 4.74 Å². The summed E-state index contributed by atoms with van der Waals surface area (Å²) in [7, 11) is -0.317. The summed E-state index contributed by atoms with van der Waals surface area (Å²) in [6, 6.07) is 3.46. The third-order valence-electron chi connectivity index (χ3n) is 5.70. The Morgan fingerprint density at radius 2 is 1.74 bits per heavy atom. The lowest BCUT2D eigenvalue weighted by Crippen LogP contribution is -2.41. The van der Waals surface area contributed by atoms with Crippen LogP contribution in [-0.4, -0.2) is 63.6 Å². The highest BCUT2D eigenvalue weighted by Gasteiger charge is 2.34. The lowest BCUT2D eigenvalue weighted by atomic mass is 9.93.